The SMILES string of the molecule is O=C(N[C@@H]1C[C@@H](O)C12CCOCC2)c1coc2ccc(F)cc12. The summed E-state index contributed by atoms with van der Waals surface area (Å²) in [7, 11) is 0. The van der Waals surface area contributed by atoms with Crippen molar-refractivity contribution in [2.24, 2.45) is 5.41 Å². The number of fused-ring (bicyclic) bond motifs is 1. The Hall–Kier alpha value is -1.92. The van der Waals surface area contributed by atoms with Crippen LogP contribution in [-0.2, 0) is 4.74 Å². The van der Waals surface area contributed by atoms with Gasteiger partial charge in [0.25, 0.3) is 5.91 Å². The van der Waals surface area contributed by atoms with Gasteiger partial charge in [0.15, 0.2) is 0 Å². The summed E-state index contributed by atoms with van der Waals surface area (Å²) >= 11 is 0. The summed E-state index contributed by atoms with van der Waals surface area (Å²) in [5.74, 6) is -0.704. The number of hydrogen-bond donors (Lipinski definition) is 2. The molecule has 0 radical (unpaired) electrons. The molecule has 2 fully saturated rings. The monoisotopic (exact) mass is 319 g/mol. The van der Waals surface area contributed by atoms with E-state index in [1.807, 2.05) is 0 Å². The van der Waals surface area contributed by atoms with Crippen LogP contribution < -0.4 is 5.32 Å². The van der Waals surface area contributed by atoms with Gasteiger partial charge in [-0.2, -0.15) is 0 Å². The largest absolute Gasteiger partial charge is 0.463 e. The lowest BCUT2D eigenvalue weighted by molar-refractivity contribution is -0.145. The molecule has 1 aromatic carbocycles. The van der Waals surface area contributed by atoms with E-state index in [9.17, 15) is 14.3 Å². The highest BCUT2D eigenvalue weighted by atomic mass is 19.1. The van der Waals surface area contributed by atoms with Crippen molar-refractivity contribution in [1.29, 1.82) is 0 Å². The van der Waals surface area contributed by atoms with Crippen molar-refractivity contribution in [3.8, 4) is 0 Å². The van der Waals surface area contributed by atoms with E-state index in [2.05, 4.69) is 5.32 Å². The summed E-state index contributed by atoms with van der Waals surface area (Å²) in [6.45, 7) is 1.20. The molecule has 1 aromatic heterocycles. The highest BCUT2D eigenvalue weighted by molar-refractivity contribution is 6.06. The Kier molecular flexibility index (Phi) is 3.39. The maximum atomic E-state index is 13.4. The quantitative estimate of drug-likeness (QED) is 0.890. The molecule has 1 aliphatic carbocycles. The molecule has 2 aromatic rings. The summed E-state index contributed by atoms with van der Waals surface area (Å²) < 4.78 is 24.1. The van der Waals surface area contributed by atoms with Gasteiger partial charge >= 0.3 is 0 Å². The number of benzene rings is 1. The van der Waals surface area contributed by atoms with Crippen molar-refractivity contribution in [3.05, 3.63) is 35.8 Å². The number of carbonyl (C=O) groups is 1. The minimum Gasteiger partial charge on any atom is -0.463 e. The van der Waals surface area contributed by atoms with E-state index in [0.717, 1.165) is 12.8 Å². The molecule has 4 rings (SSSR count). The van der Waals surface area contributed by atoms with Crippen LogP contribution in [0.2, 0.25) is 0 Å². The zero-order chi connectivity index (χ0) is 16.0. The van der Waals surface area contributed by atoms with Gasteiger partial charge in [0.1, 0.15) is 17.7 Å². The first kappa shape index (κ1) is 14.7. The van der Waals surface area contributed by atoms with Crippen molar-refractivity contribution in [3.63, 3.8) is 0 Å². The van der Waals surface area contributed by atoms with Crippen LogP contribution >= 0.6 is 0 Å². The van der Waals surface area contributed by atoms with Crippen LogP contribution in [0.4, 0.5) is 4.39 Å². The summed E-state index contributed by atoms with van der Waals surface area (Å²) in [5, 5.41) is 13.6. The third-order valence-corrected chi connectivity index (χ3v) is 5.33. The topological polar surface area (TPSA) is 71.7 Å². The number of halogens is 1. The molecular formula is C17H18FNO4. The fraction of sp³-hybridized carbons (Fsp3) is 0.471. The Bertz CT molecular complexity index is 750. The number of rotatable bonds is 2. The number of amides is 1. The van der Waals surface area contributed by atoms with Crippen molar-refractivity contribution in [2.75, 3.05) is 13.2 Å². The highest BCUT2D eigenvalue weighted by Gasteiger charge is 2.55. The lowest BCUT2D eigenvalue weighted by atomic mass is 9.58. The van der Waals surface area contributed by atoms with Gasteiger partial charge in [0.2, 0.25) is 0 Å². The zero-order valence-electron chi connectivity index (χ0n) is 12.5. The lowest BCUT2D eigenvalue weighted by Gasteiger charge is -2.55. The Labute approximate surface area is 132 Å². The molecule has 2 aliphatic rings. The molecule has 1 aliphatic heterocycles. The molecule has 1 saturated heterocycles. The number of aliphatic hydroxyl groups excluding tert-OH is 1. The normalized spacial score (nSPS) is 26.2. The molecule has 2 atom stereocenters. The van der Waals surface area contributed by atoms with Crippen LogP contribution in [0.15, 0.2) is 28.9 Å². The second-order valence-corrected chi connectivity index (χ2v) is 6.41. The van der Waals surface area contributed by atoms with Crippen LogP contribution in [0.3, 0.4) is 0 Å². The van der Waals surface area contributed by atoms with Crippen LogP contribution in [0.25, 0.3) is 11.0 Å². The summed E-state index contributed by atoms with van der Waals surface area (Å²) in [6.07, 6.45) is 2.95. The van der Waals surface area contributed by atoms with Crippen LogP contribution in [-0.4, -0.2) is 36.4 Å². The first-order valence-electron chi connectivity index (χ1n) is 7.83. The molecule has 23 heavy (non-hydrogen) atoms. The molecule has 2 N–H and O–H groups in total. The van der Waals surface area contributed by atoms with Crippen LogP contribution in [0.5, 0.6) is 0 Å². The third-order valence-electron chi connectivity index (χ3n) is 5.33. The van der Waals surface area contributed by atoms with E-state index in [1.54, 1.807) is 0 Å². The molecule has 0 bridgehead atoms. The second kappa shape index (κ2) is 5.32. The van der Waals surface area contributed by atoms with Gasteiger partial charge in [-0.25, -0.2) is 4.39 Å². The smallest absolute Gasteiger partial charge is 0.255 e. The van der Waals surface area contributed by atoms with Crippen molar-refractivity contribution in [2.45, 2.75) is 31.4 Å². The Morgan fingerprint density at radius 2 is 2.13 bits per heavy atom. The van der Waals surface area contributed by atoms with Gasteiger partial charge < -0.3 is 19.6 Å². The Morgan fingerprint density at radius 1 is 1.35 bits per heavy atom. The third kappa shape index (κ3) is 2.24. The number of hydrogen-bond acceptors (Lipinski definition) is 4. The van der Waals surface area contributed by atoms with E-state index in [4.69, 9.17) is 9.15 Å². The molecular weight excluding hydrogens is 301 g/mol. The van der Waals surface area contributed by atoms with Gasteiger partial charge in [-0.05, 0) is 37.5 Å². The maximum absolute atomic E-state index is 13.4. The minimum absolute atomic E-state index is 0.0904. The van der Waals surface area contributed by atoms with Gasteiger partial charge in [0.05, 0.1) is 11.7 Å². The first-order chi connectivity index (χ1) is 11.1. The van der Waals surface area contributed by atoms with Gasteiger partial charge in [0, 0.05) is 30.1 Å². The molecule has 5 nitrogen and oxygen atoms in total. The number of furan rings is 1. The maximum Gasteiger partial charge on any atom is 0.255 e. The number of nitrogens with one attached hydrogen (secondary N) is 1. The van der Waals surface area contributed by atoms with E-state index >= 15 is 0 Å². The molecule has 1 amide bonds. The molecule has 2 heterocycles. The van der Waals surface area contributed by atoms with Crippen LogP contribution in [0.1, 0.15) is 29.6 Å². The standard InChI is InChI=1S/C17H18FNO4/c18-10-1-2-13-11(7-10)12(9-23-13)16(21)19-14-8-15(20)17(14)3-5-22-6-4-17/h1-2,7,9,14-15,20H,3-6,8H2,(H,19,21)/t14-,15-/m1/s1. The van der Waals surface area contributed by atoms with E-state index in [0.29, 0.717) is 36.2 Å². The van der Waals surface area contributed by atoms with E-state index in [-0.39, 0.29) is 17.4 Å². The number of ether oxygens (including phenoxy) is 1. The number of aliphatic hydroxyl groups is 1. The fourth-order valence-electron chi connectivity index (χ4n) is 3.81. The van der Waals surface area contributed by atoms with Gasteiger partial charge in [-0.1, -0.05) is 0 Å². The predicted molar refractivity (Wildman–Crippen MR) is 80.5 cm³/mol. The minimum atomic E-state index is -0.409. The van der Waals surface area contributed by atoms with E-state index < -0.39 is 11.9 Å². The van der Waals surface area contributed by atoms with Crippen LogP contribution in [0, 0.1) is 11.2 Å². The molecule has 0 unspecified atom stereocenters. The summed E-state index contributed by atoms with van der Waals surface area (Å²) in [5.41, 5.74) is 0.507. The predicted octanol–water partition coefficient (Wildman–Crippen LogP) is 2.23. The Balaban J connectivity index is 1.56. The van der Waals surface area contributed by atoms with E-state index in [1.165, 1.54) is 24.5 Å². The van der Waals surface area contributed by atoms with Gasteiger partial charge in [-0.3, -0.25) is 4.79 Å². The second-order valence-electron chi connectivity index (χ2n) is 6.41. The lowest BCUT2D eigenvalue weighted by Crippen LogP contribution is -2.65. The fourth-order valence-corrected chi connectivity index (χ4v) is 3.81. The molecule has 6 heteroatoms. The van der Waals surface area contributed by atoms with Gasteiger partial charge in [-0.15, -0.1) is 0 Å². The van der Waals surface area contributed by atoms with Crippen molar-refractivity contribution in [1.82, 2.24) is 5.32 Å². The average molecular weight is 319 g/mol. The van der Waals surface area contributed by atoms with Crippen molar-refractivity contribution >= 4 is 16.9 Å². The molecule has 1 spiro atoms. The summed E-state index contributed by atoms with van der Waals surface area (Å²) in [6, 6.07) is 4.02. The highest BCUT2D eigenvalue weighted by Crippen LogP contribution is 2.49. The number of carbonyl (C=O) groups excluding carboxylic acids is 1. The first-order valence-corrected chi connectivity index (χ1v) is 7.83. The molecule has 1 saturated carbocycles. The molecule has 122 valence electrons. The average Bonchev–Trinajstić information content (AvgIpc) is 2.98. The zero-order valence-corrected chi connectivity index (χ0v) is 12.5. The van der Waals surface area contributed by atoms with Crippen molar-refractivity contribution < 1.29 is 23.4 Å². The summed E-state index contributed by atoms with van der Waals surface area (Å²) in [4.78, 5) is 12.6. The Morgan fingerprint density at radius 3 is 2.87 bits per heavy atom.